The summed E-state index contributed by atoms with van der Waals surface area (Å²) < 4.78 is 5.99. The van der Waals surface area contributed by atoms with Crippen molar-refractivity contribution in [3.63, 3.8) is 0 Å². The molecule has 0 aliphatic rings. The molecule has 1 amide bonds. The molecular formula is C20H17N3O2S. The summed E-state index contributed by atoms with van der Waals surface area (Å²) >= 11 is 1.39. The lowest BCUT2D eigenvalue weighted by molar-refractivity contribution is -0.128. The molecule has 0 saturated heterocycles. The number of rotatable bonds is 4. The van der Waals surface area contributed by atoms with Crippen LogP contribution in [0.5, 0.6) is 0 Å². The number of hydrogen-bond donors (Lipinski definition) is 0. The van der Waals surface area contributed by atoms with E-state index in [-0.39, 0.29) is 5.91 Å². The van der Waals surface area contributed by atoms with Crippen LogP contribution in [0.3, 0.4) is 0 Å². The van der Waals surface area contributed by atoms with Gasteiger partial charge in [-0.2, -0.15) is 0 Å². The van der Waals surface area contributed by atoms with E-state index >= 15 is 0 Å². The molecule has 130 valence electrons. The van der Waals surface area contributed by atoms with Gasteiger partial charge in [0.1, 0.15) is 27.7 Å². The van der Waals surface area contributed by atoms with Crippen molar-refractivity contribution in [3.8, 4) is 0 Å². The number of aromatic nitrogens is 2. The monoisotopic (exact) mass is 363 g/mol. The minimum absolute atomic E-state index is 0.00377. The van der Waals surface area contributed by atoms with Crippen molar-refractivity contribution in [2.75, 3.05) is 14.1 Å². The first-order valence-corrected chi connectivity index (χ1v) is 9.08. The van der Waals surface area contributed by atoms with Crippen LogP contribution in [0.25, 0.3) is 22.1 Å². The number of para-hydroxylation sites is 1. The highest BCUT2D eigenvalue weighted by Gasteiger charge is 2.26. The van der Waals surface area contributed by atoms with Crippen LogP contribution in [-0.4, -0.2) is 34.9 Å². The van der Waals surface area contributed by atoms with Gasteiger partial charge in [0.2, 0.25) is 5.91 Å². The Morgan fingerprint density at radius 3 is 2.54 bits per heavy atom. The highest BCUT2D eigenvalue weighted by molar-refractivity contribution is 8.00. The van der Waals surface area contributed by atoms with Gasteiger partial charge >= 0.3 is 0 Å². The van der Waals surface area contributed by atoms with Gasteiger partial charge in [-0.25, -0.2) is 9.97 Å². The van der Waals surface area contributed by atoms with E-state index in [1.54, 1.807) is 19.0 Å². The Morgan fingerprint density at radius 2 is 1.77 bits per heavy atom. The van der Waals surface area contributed by atoms with E-state index in [1.165, 1.54) is 18.1 Å². The Labute approximate surface area is 155 Å². The molecule has 0 saturated carbocycles. The topological polar surface area (TPSA) is 59.2 Å². The third-order valence-electron chi connectivity index (χ3n) is 4.12. The normalized spacial score (nSPS) is 12.4. The van der Waals surface area contributed by atoms with Crippen molar-refractivity contribution in [2.45, 2.75) is 10.3 Å². The van der Waals surface area contributed by atoms with Gasteiger partial charge in [0.15, 0.2) is 5.58 Å². The minimum Gasteiger partial charge on any atom is -0.451 e. The molecule has 0 fully saturated rings. The predicted molar refractivity (Wildman–Crippen MR) is 103 cm³/mol. The lowest BCUT2D eigenvalue weighted by Crippen LogP contribution is -2.26. The Balaban J connectivity index is 1.82. The van der Waals surface area contributed by atoms with Crippen LogP contribution >= 0.6 is 11.8 Å². The van der Waals surface area contributed by atoms with Crippen LogP contribution in [0.15, 0.2) is 70.4 Å². The number of benzene rings is 2. The summed E-state index contributed by atoms with van der Waals surface area (Å²) in [5, 5.41) is 1.20. The second-order valence-corrected chi connectivity index (χ2v) is 7.19. The summed E-state index contributed by atoms with van der Waals surface area (Å²) in [4.78, 5) is 23.2. The van der Waals surface area contributed by atoms with Crippen molar-refractivity contribution < 1.29 is 9.21 Å². The quantitative estimate of drug-likeness (QED) is 0.400. The number of carbonyl (C=O) groups excluding carboxylic acids is 1. The summed E-state index contributed by atoms with van der Waals surface area (Å²) in [6.07, 6.45) is 1.52. The highest BCUT2D eigenvalue weighted by Crippen LogP contribution is 2.40. The molecule has 26 heavy (non-hydrogen) atoms. The SMILES string of the molecule is CN(C)C(=O)[C@H](Sc1ncnc2c1oc1ccccc12)c1ccccc1. The number of amides is 1. The fourth-order valence-corrected chi connectivity index (χ4v) is 4.00. The number of hydrogen-bond acceptors (Lipinski definition) is 5. The molecule has 0 bridgehead atoms. The van der Waals surface area contributed by atoms with Crippen molar-refractivity contribution in [1.29, 1.82) is 0 Å². The second-order valence-electron chi connectivity index (χ2n) is 6.10. The van der Waals surface area contributed by atoms with E-state index in [0.717, 1.165) is 22.0 Å². The fraction of sp³-hybridized carbons (Fsp3) is 0.150. The Morgan fingerprint density at radius 1 is 1.04 bits per heavy atom. The summed E-state index contributed by atoms with van der Waals surface area (Å²) in [6.45, 7) is 0. The van der Waals surface area contributed by atoms with E-state index in [2.05, 4.69) is 9.97 Å². The molecule has 0 N–H and O–H groups in total. The lowest BCUT2D eigenvalue weighted by Gasteiger charge is -2.20. The molecule has 0 spiro atoms. The van der Waals surface area contributed by atoms with Gasteiger partial charge in [-0.1, -0.05) is 54.2 Å². The Hall–Kier alpha value is -2.86. The van der Waals surface area contributed by atoms with E-state index in [1.807, 2.05) is 54.6 Å². The van der Waals surface area contributed by atoms with Gasteiger partial charge < -0.3 is 9.32 Å². The molecule has 0 radical (unpaired) electrons. The van der Waals surface area contributed by atoms with Gasteiger partial charge in [0.25, 0.3) is 0 Å². The van der Waals surface area contributed by atoms with Gasteiger partial charge in [-0.3, -0.25) is 4.79 Å². The largest absolute Gasteiger partial charge is 0.451 e. The summed E-state index contributed by atoms with van der Waals surface area (Å²) in [5.41, 5.74) is 3.08. The Kier molecular flexibility index (Phi) is 4.34. The van der Waals surface area contributed by atoms with Crippen LogP contribution in [0.4, 0.5) is 0 Å². The molecule has 4 aromatic rings. The number of furan rings is 1. The Bertz CT molecular complexity index is 1080. The summed E-state index contributed by atoms with van der Waals surface area (Å²) in [5.74, 6) is 0.00377. The number of carbonyl (C=O) groups is 1. The van der Waals surface area contributed by atoms with Crippen LogP contribution in [-0.2, 0) is 4.79 Å². The first-order valence-electron chi connectivity index (χ1n) is 8.20. The molecule has 5 nitrogen and oxygen atoms in total. The van der Waals surface area contributed by atoms with Crippen LogP contribution in [0, 0.1) is 0 Å². The van der Waals surface area contributed by atoms with Crippen molar-refractivity contribution in [3.05, 3.63) is 66.5 Å². The second kappa shape index (κ2) is 6.80. The van der Waals surface area contributed by atoms with E-state index in [9.17, 15) is 4.79 Å². The number of fused-ring (bicyclic) bond motifs is 3. The molecule has 2 heterocycles. The fourth-order valence-electron chi connectivity index (χ4n) is 2.82. The predicted octanol–water partition coefficient (Wildman–Crippen LogP) is 4.30. The molecular weight excluding hydrogens is 346 g/mol. The van der Waals surface area contributed by atoms with E-state index < -0.39 is 5.25 Å². The van der Waals surface area contributed by atoms with Crippen molar-refractivity contribution >= 4 is 39.7 Å². The average molecular weight is 363 g/mol. The molecule has 6 heteroatoms. The third kappa shape index (κ3) is 2.93. The zero-order valence-corrected chi connectivity index (χ0v) is 15.2. The van der Waals surface area contributed by atoms with Gasteiger partial charge in [-0.05, 0) is 17.7 Å². The van der Waals surface area contributed by atoms with Crippen LogP contribution < -0.4 is 0 Å². The van der Waals surface area contributed by atoms with Gasteiger partial charge in [-0.15, -0.1) is 0 Å². The van der Waals surface area contributed by atoms with Crippen LogP contribution in [0.1, 0.15) is 10.8 Å². The molecule has 2 aromatic carbocycles. The average Bonchev–Trinajstić information content (AvgIpc) is 3.06. The third-order valence-corrected chi connectivity index (χ3v) is 5.35. The van der Waals surface area contributed by atoms with Crippen molar-refractivity contribution in [2.24, 2.45) is 0 Å². The lowest BCUT2D eigenvalue weighted by atomic mass is 10.1. The number of likely N-dealkylation sites (N-methyl/N-ethyl adjacent to an activating group) is 1. The molecule has 0 aliphatic heterocycles. The molecule has 1 atom stereocenters. The minimum atomic E-state index is -0.405. The summed E-state index contributed by atoms with van der Waals surface area (Å²) in [7, 11) is 3.52. The number of nitrogens with zero attached hydrogens (tertiary/aromatic N) is 3. The van der Waals surface area contributed by atoms with Gasteiger partial charge in [0, 0.05) is 19.5 Å². The summed E-state index contributed by atoms with van der Waals surface area (Å²) in [6, 6.07) is 17.5. The van der Waals surface area contributed by atoms with Crippen LogP contribution in [0.2, 0.25) is 0 Å². The molecule has 4 rings (SSSR count). The van der Waals surface area contributed by atoms with E-state index in [0.29, 0.717) is 10.6 Å². The maximum atomic E-state index is 12.8. The maximum absolute atomic E-state index is 12.8. The molecule has 0 unspecified atom stereocenters. The van der Waals surface area contributed by atoms with Gasteiger partial charge in [0.05, 0.1) is 0 Å². The maximum Gasteiger partial charge on any atom is 0.240 e. The smallest absolute Gasteiger partial charge is 0.240 e. The molecule has 2 aromatic heterocycles. The van der Waals surface area contributed by atoms with Crippen molar-refractivity contribution in [1.82, 2.24) is 14.9 Å². The first-order chi connectivity index (χ1) is 12.6. The number of thioether (sulfide) groups is 1. The standard InChI is InChI=1S/C20H17N3O2S/c1-23(2)20(24)18(13-8-4-3-5-9-13)26-19-17-16(21-12-22-19)14-10-6-7-11-15(14)25-17/h3-12,18H,1-2H3/t18-/m1/s1. The van der Waals surface area contributed by atoms with E-state index in [4.69, 9.17) is 4.42 Å². The first kappa shape index (κ1) is 16.6. The molecule has 0 aliphatic carbocycles. The zero-order chi connectivity index (χ0) is 18.1. The zero-order valence-electron chi connectivity index (χ0n) is 14.4. The highest BCUT2D eigenvalue weighted by atomic mass is 32.2.